The predicted molar refractivity (Wildman–Crippen MR) is 78.0 cm³/mol. The molecule has 0 aliphatic carbocycles. The molecule has 0 saturated heterocycles. The molecule has 0 amide bonds. The van der Waals surface area contributed by atoms with Crippen LogP contribution in [0.5, 0.6) is 0 Å². The van der Waals surface area contributed by atoms with E-state index in [1.807, 2.05) is 42.5 Å². The van der Waals surface area contributed by atoms with Crippen LogP contribution in [0.15, 0.2) is 71.1 Å². The molecule has 0 atom stereocenters. The monoisotopic (exact) mass is 243 g/mol. The van der Waals surface area contributed by atoms with E-state index in [1.165, 1.54) is 0 Å². The summed E-state index contributed by atoms with van der Waals surface area (Å²) < 4.78 is 6.01. The summed E-state index contributed by atoms with van der Waals surface area (Å²) in [6.45, 7) is 0. The van der Waals surface area contributed by atoms with Crippen molar-refractivity contribution < 1.29 is 4.42 Å². The molecule has 1 radical (unpaired) electrons. The fraction of sp³-hybridized carbons (Fsp3) is 0. The van der Waals surface area contributed by atoms with E-state index < -0.39 is 0 Å². The maximum atomic E-state index is 6.01. The fourth-order valence-corrected chi connectivity index (χ4v) is 2.51. The topological polar surface area (TPSA) is 13.1 Å². The van der Waals surface area contributed by atoms with Gasteiger partial charge in [0.05, 0.1) is 0 Å². The molecule has 0 aliphatic rings. The van der Waals surface area contributed by atoms with E-state index in [1.54, 1.807) is 0 Å². The first-order valence-corrected chi connectivity index (χ1v) is 6.31. The number of hydrogen-bond donors (Lipinski definition) is 0. The normalized spacial score (nSPS) is 11.2. The molecule has 0 N–H and O–H groups in total. The first-order valence-electron chi connectivity index (χ1n) is 6.31. The van der Waals surface area contributed by atoms with Crippen LogP contribution in [0.1, 0.15) is 0 Å². The Hall–Kier alpha value is -2.54. The zero-order chi connectivity index (χ0) is 12.7. The molecule has 3 aromatic carbocycles. The van der Waals surface area contributed by atoms with E-state index in [2.05, 4.69) is 30.3 Å². The van der Waals surface area contributed by atoms with Gasteiger partial charge in [-0.2, -0.15) is 0 Å². The summed E-state index contributed by atoms with van der Waals surface area (Å²) in [4.78, 5) is 0. The second-order valence-electron chi connectivity index (χ2n) is 4.56. The molecule has 89 valence electrons. The molecule has 0 unspecified atom stereocenters. The second kappa shape index (κ2) is 3.99. The van der Waals surface area contributed by atoms with Crippen molar-refractivity contribution in [3.63, 3.8) is 0 Å². The van der Waals surface area contributed by atoms with Crippen LogP contribution in [-0.2, 0) is 0 Å². The third-order valence-electron chi connectivity index (χ3n) is 3.40. The smallest absolute Gasteiger partial charge is 0.143 e. The first kappa shape index (κ1) is 10.4. The van der Waals surface area contributed by atoms with Gasteiger partial charge in [-0.15, -0.1) is 0 Å². The van der Waals surface area contributed by atoms with Gasteiger partial charge in [0.25, 0.3) is 0 Å². The van der Waals surface area contributed by atoms with E-state index in [-0.39, 0.29) is 0 Å². The number of hydrogen-bond acceptors (Lipinski definition) is 1. The van der Waals surface area contributed by atoms with Crippen LogP contribution < -0.4 is 0 Å². The highest BCUT2D eigenvalue weighted by atomic mass is 16.3. The molecule has 1 nitrogen and oxygen atoms in total. The van der Waals surface area contributed by atoms with Gasteiger partial charge in [-0.1, -0.05) is 54.6 Å². The summed E-state index contributed by atoms with van der Waals surface area (Å²) in [6.07, 6.45) is 0. The average Bonchev–Trinajstić information content (AvgIpc) is 2.87. The van der Waals surface area contributed by atoms with Crippen molar-refractivity contribution in [3.8, 4) is 11.1 Å². The van der Waals surface area contributed by atoms with E-state index in [4.69, 9.17) is 4.42 Å². The number of para-hydroxylation sites is 1. The third-order valence-corrected chi connectivity index (χ3v) is 3.40. The van der Waals surface area contributed by atoms with E-state index >= 15 is 0 Å². The van der Waals surface area contributed by atoms with Crippen molar-refractivity contribution >= 4 is 21.9 Å². The van der Waals surface area contributed by atoms with Crippen molar-refractivity contribution in [2.45, 2.75) is 0 Å². The van der Waals surface area contributed by atoms with Crippen LogP contribution in [-0.4, -0.2) is 0 Å². The van der Waals surface area contributed by atoms with E-state index in [0.717, 1.165) is 33.1 Å². The Balaban J connectivity index is 2.13. The lowest BCUT2D eigenvalue weighted by molar-refractivity contribution is 0.670. The minimum atomic E-state index is 0.912. The highest BCUT2D eigenvalue weighted by Crippen LogP contribution is 2.34. The van der Waals surface area contributed by atoms with E-state index in [9.17, 15) is 0 Å². The van der Waals surface area contributed by atoms with Gasteiger partial charge in [0, 0.05) is 16.3 Å². The Morgan fingerprint density at radius 3 is 2.42 bits per heavy atom. The van der Waals surface area contributed by atoms with Gasteiger partial charge in [0.2, 0.25) is 0 Å². The molecule has 0 saturated carbocycles. The third kappa shape index (κ3) is 1.55. The van der Waals surface area contributed by atoms with Crippen molar-refractivity contribution in [1.82, 2.24) is 0 Å². The van der Waals surface area contributed by atoms with Gasteiger partial charge in [0.1, 0.15) is 11.2 Å². The molecule has 1 heterocycles. The maximum absolute atomic E-state index is 6.01. The molecule has 0 aliphatic heterocycles. The quantitative estimate of drug-likeness (QED) is 0.455. The minimum Gasteiger partial charge on any atom is -0.455 e. The summed E-state index contributed by atoms with van der Waals surface area (Å²) in [5, 5.41) is 2.30. The van der Waals surface area contributed by atoms with Gasteiger partial charge in [0.15, 0.2) is 0 Å². The standard InChI is InChI=1S/C18H11O/c1-2-7-13(8-3-1)14-10-6-11-16-15-9-4-5-12-17(15)19-18(14)16/h1-9,11-12H. The summed E-state index contributed by atoms with van der Waals surface area (Å²) in [5.74, 6) is 0. The highest BCUT2D eigenvalue weighted by molar-refractivity contribution is 6.09. The van der Waals surface area contributed by atoms with Crippen molar-refractivity contribution in [2.24, 2.45) is 0 Å². The molecule has 0 bridgehead atoms. The summed E-state index contributed by atoms with van der Waals surface area (Å²) in [6, 6.07) is 25.7. The Bertz CT molecular complexity index is 857. The largest absolute Gasteiger partial charge is 0.455 e. The molecular weight excluding hydrogens is 232 g/mol. The van der Waals surface area contributed by atoms with E-state index in [0.29, 0.717) is 0 Å². The molecule has 1 aromatic heterocycles. The van der Waals surface area contributed by atoms with Crippen molar-refractivity contribution in [2.75, 3.05) is 0 Å². The van der Waals surface area contributed by atoms with Crippen LogP contribution >= 0.6 is 0 Å². The fourth-order valence-electron chi connectivity index (χ4n) is 2.51. The molecule has 0 spiro atoms. The minimum absolute atomic E-state index is 0.912. The molecule has 4 aromatic rings. The summed E-state index contributed by atoms with van der Waals surface area (Å²) in [7, 11) is 0. The Labute approximate surface area is 111 Å². The molecule has 1 heteroatoms. The Morgan fingerprint density at radius 2 is 1.53 bits per heavy atom. The number of fused-ring (bicyclic) bond motifs is 3. The van der Waals surface area contributed by atoms with Gasteiger partial charge in [-0.25, -0.2) is 0 Å². The number of furan rings is 1. The van der Waals surface area contributed by atoms with Gasteiger partial charge < -0.3 is 4.42 Å². The summed E-state index contributed by atoms with van der Waals surface area (Å²) >= 11 is 0. The average molecular weight is 243 g/mol. The molecular formula is C18H11O. The zero-order valence-corrected chi connectivity index (χ0v) is 10.3. The second-order valence-corrected chi connectivity index (χ2v) is 4.56. The molecule has 19 heavy (non-hydrogen) atoms. The zero-order valence-electron chi connectivity index (χ0n) is 10.3. The predicted octanol–water partition coefficient (Wildman–Crippen LogP) is 5.05. The lowest BCUT2D eigenvalue weighted by atomic mass is 10.0. The van der Waals surface area contributed by atoms with Crippen LogP contribution in [0.25, 0.3) is 33.1 Å². The van der Waals surface area contributed by atoms with Gasteiger partial charge in [-0.3, -0.25) is 0 Å². The Kier molecular flexibility index (Phi) is 2.18. The van der Waals surface area contributed by atoms with Crippen molar-refractivity contribution in [1.29, 1.82) is 0 Å². The maximum Gasteiger partial charge on any atom is 0.143 e. The Morgan fingerprint density at radius 1 is 0.737 bits per heavy atom. The lowest BCUT2D eigenvalue weighted by Gasteiger charge is -2.01. The van der Waals surface area contributed by atoms with Crippen LogP contribution in [0.2, 0.25) is 0 Å². The summed E-state index contributed by atoms with van der Waals surface area (Å²) in [5.41, 5.74) is 3.99. The highest BCUT2D eigenvalue weighted by Gasteiger charge is 2.11. The SMILES string of the molecule is [c]1ccc2c(oc3ccccc32)c1-c1ccccc1. The number of benzene rings is 3. The van der Waals surface area contributed by atoms with Crippen LogP contribution in [0.4, 0.5) is 0 Å². The van der Waals surface area contributed by atoms with Crippen molar-refractivity contribution in [3.05, 3.63) is 72.8 Å². The van der Waals surface area contributed by atoms with Crippen LogP contribution in [0, 0.1) is 6.07 Å². The molecule has 0 fully saturated rings. The van der Waals surface area contributed by atoms with Gasteiger partial charge in [-0.05, 0) is 23.8 Å². The van der Waals surface area contributed by atoms with Crippen LogP contribution in [0.3, 0.4) is 0 Å². The number of rotatable bonds is 1. The molecule has 4 rings (SSSR count). The first-order chi connectivity index (χ1) is 9.43. The van der Waals surface area contributed by atoms with Gasteiger partial charge >= 0.3 is 0 Å². The lowest BCUT2D eigenvalue weighted by Crippen LogP contribution is -1.77.